The van der Waals surface area contributed by atoms with Crippen molar-refractivity contribution in [2.75, 3.05) is 11.9 Å². The highest BCUT2D eigenvalue weighted by molar-refractivity contribution is 7.15. The number of nitrogens with one attached hydrogen (secondary N) is 1. The van der Waals surface area contributed by atoms with Gasteiger partial charge in [-0.25, -0.2) is 0 Å². The summed E-state index contributed by atoms with van der Waals surface area (Å²) in [5.41, 5.74) is 1.02. The van der Waals surface area contributed by atoms with E-state index in [9.17, 15) is 0 Å². The summed E-state index contributed by atoms with van der Waals surface area (Å²) in [7, 11) is 0. The number of allylic oxidation sites excluding steroid dienone is 1. The summed E-state index contributed by atoms with van der Waals surface area (Å²) in [5, 5.41) is 5.16. The Labute approximate surface area is 75.7 Å². The van der Waals surface area contributed by atoms with E-state index in [1.807, 2.05) is 30.5 Å². The molecular formula is C8H10ClNS. The Balaban J connectivity index is 2.44. The van der Waals surface area contributed by atoms with Crippen molar-refractivity contribution in [1.29, 1.82) is 0 Å². The molecule has 0 aliphatic carbocycles. The summed E-state index contributed by atoms with van der Waals surface area (Å²) in [6, 6.07) is 1.98. The molecule has 0 radical (unpaired) electrons. The predicted molar refractivity (Wildman–Crippen MR) is 52.6 cm³/mol. The first-order chi connectivity index (χ1) is 5.34. The molecule has 0 aliphatic heterocycles. The summed E-state index contributed by atoms with van der Waals surface area (Å²) in [4.78, 5) is 0. The summed E-state index contributed by atoms with van der Waals surface area (Å²) >= 11 is 7.39. The largest absolute Gasteiger partial charge is 0.380 e. The molecule has 0 spiro atoms. The number of hydrogen-bond donors (Lipinski definition) is 1. The Bertz CT molecular complexity index is 242. The Morgan fingerprint density at radius 1 is 1.73 bits per heavy atom. The highest BCUT2D eigenvalue weighted by Gasteiger charge is 1.96. The van der Waals surface area contributed by atoms with Crippen molar-refractivity contribution in [1.82, 2.24) is 0 Å². The van der Waals surface area contributed by atoms with Gasteiger partial charge in [0.2, 0.25) is 0 Å². The van der Waals surface area contributed by atoms with Gasteiger partial charge in [0, 0.05) is 6.54 Å². The molecule has 0 saturated carbocycles. The van der Waals surface area contributed by atoms with Crippen molar-refractivity contribution >= 4 is 28.6 Å². The molecule has 0 atom stereocenters. The van der Waals surface area contributed by atoms with Gasteiger partial charge in [-0.05, 0) is 18.4 Å². The average molecular weight is 188 g/mol. The molecule has 0 saturated heterocycles. The number of halogens is 1. The zero-order valence-corrected chi connectivity index (χ0v) is 7.88. The highest BCUT2D eigenvalue weighted by atomic mass is 35.5. The van der Waals surface area contributed by atoms with Crippen LogP contribution in [0.5, 0.6) is 0 Å². The first-order valence-electron chi connectivity index (χ1n) is 3.42. The molecule has 1 aromatic rings. The standard InChI is InChI=1S/C8H10ClNS/c1-2-3-5-10-7-4-6-11-8(7)9/h2-4,6,10H,5H2,1H3/b3-2+. The van der Waals surface area contributed by atoms with Gasteiger partial charge in [0.25, 0.3) is 0 Å². The first-order valence-corrected chi connectivity index (χ1v) is 4.68. The predicted octanol–water partition coefficient (Wildman–Crippen LogP) is 3.39. The van der Waals surface area contributed by atoms with Gasteiger partial charge in [0.05, 0.1) is 5.69 Å². The van der Waals surface area contributed by atoms with Crippen LogP contribution in [0.2, 0.25) is 4.34 Å². The van der Waals surface area contributed by atoms with Gasteiger partial charge < -0.3 is 5.32 Å². The lowest BCUT2D eigenvalue weighted by Crippen LogP contribution is -1.96. The first kappa shape index (κ1) is 8.62. The van der Waals surface area contributed by atoms with E-state index < -0.39 is 0 Å². The molecule has 3 heteroatoms. The molecule has 1 nitrogen and oxygen atoms in total. The lowest BCUT2D eigenvalue weighted by molar-refractivity contribution is 1.34. The number of anilines is 1. The minimum Gasteiger partial charge on any atom is -0.380 e. The quantitative estimate of drug-likeness (QED) is 0.716. The van der Waals surface area contributed by atoms with Crippen molar-refractivity contribution in [3.8, 4) is 0 Å². The second-order valence-corrected chi connectivity index (χ2v) is 3.58. The van der Waals surface area contributed by atoms with E-state index in [1.165, 1.54) is 0 Å². The summed E-state index contributed by atoms with van der Waals surface area (Å²) < 4.78 is 0.828. The normalized spacial score (nSPS) is 10.7. The molecule has 1 N–H and O–H groups in total. The van der Waals surface area contributed by atoms with E-state index in [0.717, 1.165) is 16.6 Å². The van der Waals surface area contributed by atoms with Crippen LogP contribution in [-0.2, 0) is 0 Å². The topological polar surface area (TPSA) is 12.0 Å². The van der Waals surface area contributed by atoms with Gasteiger partial charge >= 0.3 is 0 Å². The second kappa shape index (κ2) is 4.42. The van der Waals surface area contributed by atoms with Crippen LogP contribution in [-0.4, -0.2) is 6.54 Å². The lowest BCUT2D eigenvalue weighted by Gasteiger charge is -1.98. The molecule has 1 rings (SSSR count). The fourth-order valence-corrected chi connectivity index (χ4v) is 1.58. The summed E-state index contributed by atoms with van der Waals surface area (Å²) in [6.45, 7) is 2.84. The van der Waals surface area contributed by atoms with Gasteiger partial charge in [0.1, 0.15) is 4.34 Å². The molecule has 0 bridgehead atoms. The van der Waals surface area contributed by atoms with Gasteiger partial charge in [0.15, 0.2) is 0 Å². The number of hydrogen-bond acceptors (Lipinski definition) is 2. The Hall–Kier alpha value is -0.470. The molecule has 0 aliphatic rings. The van der Waals surface area contributed by atoms with Crippen LogP contribution in [0.25, 0.3) is 0 Å². The summed E-state index contributed by atoms with van der Waals surface area (Å²) in [6.07, 6.45) is 4.06. The molecule has 0 fully saturated rings. The van der Waals surface area contributed by atoms with E-state index >= 15 is 0 Å². The molecule has 0 amide bonds. The third-order valence-corrected chi connectivity index (χ3v) is 2.43. The molecule has 60 valence electrons. The second-order valence-electron chi connectivity index (χ2n) is 2.06. The molecule has 0 unspecified atom stereocenters. The maximum atomic E-state index is 5.85. The molecular weight excluding hydrogens is 178 g/mol. The van der Waals surface area contributed by atoms with Crippen LogP contribution in [0.15, 0.2) is 23.6 Å². The SMILES string of the molecule is C/C=C/CNc1ccsc1Cl. The van der Waals surface area contributed by atoms with Crippen molar-refractivity contribution in [2.45, 2.75) is 6.92 Å². The Kier molecular flexibility index (Phi) is 3.46. The Morgan fingerprint density at radius 3 is 3.09 bits per heavy atom. The maximum Gasteiger partial charge on any atom is 0.116 e. The van der Waals surface area contributed by atoms with Gasteiger partial charge in [-0.15, -0.1) is 11.3 Å². The van der Waals surface area contributed by atoms with Gasteiger partial charge in [-0.3, -0.25) is 0 Å². The van der Waals surface area contributed by atoms with Crippen LogP contribution in [0.3, 0.4) is 0 Å². The minimum atomic E-state index is 0.828. The zero-order valence-electron chi connectivity index (χ0n) is 6.30. The van der Waals surface area contributed by atoms with Crippen LogP contribution in [0.4, 0.5) is 5.69 Å². The highest BCUT2D eigenvalue weighted by Crippen LogP contribution is 2.27. The molecule has 0 aromatic carbocycles. The van der Waals surface area contributed by atoms with Gasteiger partial charge in [-0.1, -0.05) is 23.8 Å². The van der Waals surface area contributed by atoms with E-state index in [-0.39, 0.29) is 0 Å². The van der Waals surface area contributed by atoms with Crippen molar-refractivity contribution < 1.29 is 0 Å². The van der Waals surface area contributed by atoms with E-state index in [2.05, 4.69) is 5.32 Å². The zero-order chi connectivity index (χ0) is 8.10. The van der Waals surface area contributed by atoms with E-state index in [0.29, 0.717) is 0 Å². The van der Waals surface area contributed by atoms with Gasteiger partial charge in [-0.2, -0.15) is 0 Å². The van der Waals surface area contributed by atoms with Crippen LogP contribution < -0.4 is 5.32 Å². The minimum absolute atomic E-state index is 0.828. The smallest absolute Gasteiger partial charge is 0.116 e. The third-order valence-electron chi connectivity index (χ3n) is 1.26. The van der Waals surface area contributed by atoms with Crippen LogP contribution >= 0.6 is 22.9 Å². The maximum absolute atomic E-state index is 5.85. The van der Waals surface area contributed by atoms with Crippen molar-refractivity contribution in [3.63, 3.8) is 0 Å². The van der Waals surface area contributed by atoms with E-state index in [4.69, 9.17) is 11.6 Å². The average Bonchev–Trinajstić information content (AvgIpc) is 2.37. The third kappa shape index (κ3) is 2.56. The van der Waals surface area contributed by atoms with Crippen molar-refractivity contribution in [3.05, 3.63) is 27.9 Å². The van der Waals surface area contributed by atoms with E-state index in [1.54, 1.807) is 11.3 Å². The number of thiophene rings is 1. The van der Waals surface area contributed by atoms with Crippen LogP contribution in [0.1, 0.15) is 6.92 Å². The summed E-state index contributed by atoms with van der Waals surface area (Å²) in [5.74, 6) is 0. The van der Waals surface area contributed by atoms with Crippen LogP contribution in [0, 0.1) is 0 Å². The Morgan fingerprint density at radius 2 is 2.55 bits per heavy atom. The van der Waals surface area contributed by atoms with Crippen molar-refractivity contribution in [2.24, 2.45) is 0 Å². The fourth-order valence-electron chi connectivity index (χ4n) is 0.706. The molecule has 1 aromatic heterocycles. The number of rotatable bonds is 3. The molecule has 1 heterocycles. The fraction of sp³-hybridized carbons (Fsp3) is 0.250. The lowest BCUT2D eigenvalue weighted by atomic mass is 10.4. The molecule has 11 heavy (non-hydrogen) atoms. The monoisotopic (exact) mass is 187 g/mol.